The maximum atomic E-state index is 11.4. The van der Waals surface area contributed by atoms with Gasteiger partial charge in [0, 0.05) is 26.9 Å². The molecule has 5 heteroatoms. The van der Waals surface area contributed by atoms with Crippen LogP contribution < -0.4 is 9.47 Å². The number of phenolic OH excluding ortho intramolecular Hbond substituents is 1. The van der Waals surface area contributed by atoms with Crippen LogP contribution >= 0.6 is 23.4 Å². The normalized spacial score (nSPS) is 15.0. The first-order chi connectivity index (χ1) is 15.0. The lowest BCUT2D eigenvalue weighted by Crippen LogP contribution is -1.98. The summed E-state index contributed by atoms with van der Waals surface area (Å²) in [4.78, 5) is 0.927. The second kappa shape index (κ2) is 7.70. The van der Waals surface area contributed by atoms with Gasteiger partial charge in [0.25, 0.3) is 0 Å². The van der Waals surface area contributed by atoms with E-state index < -0.39 is 0 Å². The number of phenols is 1. The third-order valence-electron chi connectivity index (χ3n) is 5.75. The fraction of sp³-hybridized carbons (Fsp3) is 0.154. The number of fused-ring (bicyclic) bond motifs is 3. The molecule has 0 saturated carbocycles. The highest BCUT2D eigenvalue weighted by molar-refractivity contribution is 7.99. The van der Waals surface area contributed by atoms with E-state index in [0.29, 0.717) is 5.02 Å². The quantitative estimate of drug-likeness (QED) is 0.349. The number of ether oxygens (including phenoxy) is 2. The lowest BCUT2D eigenvalue weighted by Gasteiger charge is -2.15. The predicted molar refractivity (Wildman–Crippen MR) is 128 cm³/mol. The van der Waals surface area contributed by atoms with Crippen LogP contribution in [-0.2, 0) is 0 Å². The van der Waals surface area contributed by atoms with Crippen LogP contribution in [0.5, 0.6) is 17.2 Å². The van der Waals surface area contributed by atoms with E-state index in [1.807, 2.05) is 54.6 Å². The molecule has 1 aliphatic rings. The summed E-state index contributed by atoms with van der Waals surface area (Å²) in [5, 5.41) is 13.7. The zero-order chi connectivity index (χ0) is 21.7. The van der Waals surface area contributed by atoms with Gasteiger partial charge in [0.15, 0.2) is 5.44 Å². The molecular weight excluding hydrogens is 428 g/mol. The molecule has 0 radical (unpaired) electrons. The van der Waals surface area contributed by atoms with E-state index in [0.717, 1.165) is 55.0 Å². The molecule has 0 unspecified atom stereocenters. The van der Waals surface area contributed by atoms with Gasteiger partial charge < -0.3 is 14.6 Å². The van der Waals surface area contributed by atoms with Crippen LogP contribution in [-0.4, -0.2) is 12.2 Å². The van der Waals surface area contributed by atoms with Crippen LogP contribution in [0, 0.1) is 13.8 Å². The molecule has 0 bridgehead atoms. The minimum atomic E-state index is -0.217. The van der Waals surface area contributed by atoms with E-state index in [-0.39, 0.29) is 11.2 Å². The summed E-state index contributed by atoms with van der Waals surface area (Å²) < 4.78 is 11.8. The largest absolute Gasteiger partial charge is 0.507 e. The van der Waals surface area contributed by atoms with Crippen molar-refractivity contribution in [2.24, 2.45) is 0 Å². The van der Waals surface area contributed by atoms with Gasteiger partial charge in [-0.05, 0) is 66.9 Å². The van der Waals surface area contributed by atoms with Gasteiger partial charge in [-0.2, -0.15) is 0 Å². The number of rotatable bonds is 3. The fourth-order valence-corrected chi connectivity index (χ4v) is 5.39. The van der Waals surface area contributed by atoms with Crippen LogP contribution in [0.4, 0.5) is 0 Å². The topological polar surface area (TPSA) is 38.7 Å². The molecule has 0 spiro atoms. The van der Waals surface area contributed by atoms with Gasteiger partial charge >= 0.3 is 0 Å². The predicted octanol–water partition coefficient (Wildman–Crippen LogP) is 7.67. The van der Waals surface area contributed by atoms with Crippen LogP contribution in [0.1, 0.15) is 22.1 Å². The Morgan fingerprint density at radius 2 is 1.68 bits per heavy atom. The maximum Gasteiger partial charge on any atom is 0.174 e. The van der Waals surface area contributed by atoms with E-state index in [1.165, 1.54) is 0 Å². The Hall–Kier alpha value is -2.82. The number of hydrogen-bond donors (Lipinski definition) is 1. The number of thioether (sulfide) groups is 1. The Morgan fingerprint density at radius 3 is 2.35 bits per heavy atom. The molecule has 4 aromatic rings. The summed E-state index contributed by atoms with van der Waals surface area (Å²) in [7, 11) is 1.65. The number of aromatic hydroxyl groups is 1. The second-order valence-corrected chi connectivity index (χ2v) is 9.22. The average Bonchev–Trinajstić information content (AvgIpc) is 3.20. The lowest BCUT2D eigenvalue weighted by molar-refractivity contribution is 0.305. The zero-order valence-corrected chi connectivity index (χ0v) is 19.0. The summed E-state index contributed by atoms with van der Waals surface area (Å²) >= 11 is 7.89. The Labute approximate surface area is 190 Å². The molecule has 1 aliphatic heterocycles. The molecule has 156 valence electrons. The smallest absolute Gasteiger partial charge is 0.174 e. The van der Waals surface area contributed by atoms with Gasteiger partial charge in [-0.3, -0.25) is 0 Å². The zero-order valence-electron chi connectivity index (χ0n) is 17.4. The molecule has 1 atom stereocenters. The first-order valence-corrected chi connectivity index (χ1v) is 11.2. The van der Waals surface area contributed by atoms with Gasteiger partial charge in [0.05, 0.1) is 12.0 Å². The highest BCUT2D eigenvalue weighted by Crippen LogP contribution is 2.58. The highest BCUT2D eigenvalue weighted by atomic mass is 35.5. The highest BCUT2D eigenvalue weighted by Gasteiger charge is 2.33. The molecule has 0 aliphatic carbocycles. The van der Waals surface area contributed by atoms with Crippen molar-refractivity contribution in [3.05, 3.63) is 82.4 Å². The molecule has 4 aromatic carbocycles. The third kappa shape index (κ3) is 3.40. The number of methoxy groups -OCH3 is 1. The van der Waals surface area contributed by atoms with Crippen molar-refractivity contribution in [3.63, 3.8) is 0 Å². The number of halogens is 1. The summed E-state index contributed by atoms with van der Waals surface area (Å²) in [6, 6.07) is 19.6. The summed E-state index contributed by atoms with van der Waals surface area (Å²) in [6.45, 7) is 4.13. The molecule has 1 heterocycles. The first kappa shape index (κ1) is 20.1. The van der Waals surface area contributed by atoms with E-state index >= 15 is 0 Å². The molecule has 0 saturated heterocycles. The van der Waals surface area contributed by atoms with Crippen LogP contribution in [0.3, 0.4) is 0 Å². The van der Waals surface area contributed by atoms with Gasteiger partial charge in [0.1, 0.15) is 17.2 Å². The van der Waals surface area contributed by atoms with E-state index in [9.17, 15) is 5.11 Å². The summed E-state index contributed by atoms with van der Waals surface area (Å²) in [5.41, 5.74) is 4.73. The molecule has 1 N–H and O–H groups in total. The van der Waals surface area contributed by atoms with Crippen molar-refractivity contribution in [2.45, 2.75) is 24.2 Å². The van der Waals surface area contributed by atoms with Gasteiger partial charge in [-0.1, -0.05) is 47.6 Å². The van der Waals surface area contributed by atoms with Gasteiger partial charge in [0.2, 0.25) is 0 Å². The standard InChI is InChI=1S/C26H21ClO3S/c1-14-11-20-21(12-15(14)2)24-25(22(23(20)28)17-5-4-6-18(27)13-17)31-26(30-24)16-7-9-19(29-3)10-8-16/h4-13,26,28H,1-3H3/t26-/m0/s1. The van der Waals surface area contributed by atoms with Crippen molar-refractivity contribution in [1.29, 1.82) is 0 Å². The Balaban J connectivity index is 1.74. The van der Waals surface area contributed by atoms with Gasteiger partial charge in [-0.25, -0.2) is 0 Å². The van der Waals surface area contributed by atoms with E-state index in [1.54, 1.807) is 18.9 Å². The Morgan fingerprint density at radius 1 is 0.968 bits per heavy atom. The monoisotopic (exact) mass is 448 g/mol. The molecule has 0 amide bonds. The third-order valence-corrected chi connectivity index (χ3v) is 7.20. The van der Waals surface area contributed by atoms with Crippen molar-refractivity contribution in [3.8, 4) is 28.4 Å². The summed E-state index contributed by atoms with van der Waals surface area (Å²) in [6.07, 6.45) is 0. The first-order valence-electron chi connectivity index (χ1n) is 9.99. The second-order valence-electron chi connectivity index (χ2n) is 7.72. The SMILES string of the molecule is COc1ccc([C@H]2Oc3c(c(-c4cccc(Cl)c4)c(O)c4cc(C)c(C)cc34)S2)cc1. The maximum absolute atomic E-state index is 11.4. The minimum absolute atomic E-state index is 0.217. The Bertz CT molecular complexity index is 1320. The minimum Gasteiger partial charge on any atom is -0.507 e. The molecule has 0 fully saturated rings. The van der Waals surface area contributed by atoms with Crippen molar-refractivity contribution < 1.29 is 14.6 Å². The number of aryl methyl sites for hydroxylation is 2. The van der Waals surface area contributed by atoms with Crippen LogP contribution in [0.15, 0.2) is 65.6 Å². The van der Waals surface area contributed by atoms with Crippen molar-refractivity contribution >= 4 is 34.1 Å². The Kier molecular flexibility index (Phi) is 4.99. The molecule has 31 heavy (non-hydrogen) atoms. The number of hydrogen-bond acceptors (Lipinski definition) is 4. The molecular formula is C26H21ClO3S. The van der Waals surface area contributed by atoms with Crippen LogP contribution in [0.2, 0.25) is 5.02 Å². The molecule has 5 rings (SSSR count). The van der Waals surface area contributed by atoms with Crippen LogP contribution in [0.25, 0.3) is 21.9 Å². The van der Waals surface area contributed by atoms with E-state index in [4.69, 9.17) is 21.1 Å². The lowest BCUT2D eigenvalue weighted by atomic mass is 9.95. The molecule has 0 aromatic heterocycles. The average molecular weight is 449 g/mol. The van der Waals surface area contributed by atoms with Crippen molar-refractivity contribution in [2.75, 3.05) is 7.11 Å². The summed E-state index contributed by atoms with van der Waals surface area (Å²) in [5.74, 6) is 1.86. The number of benzene rings is 4. The van der Waals surface area contributed by atoms with Gasteiger partial charge in [-0.15, -0.1) is 0 Å². The molecule has 3 nitrogen and oxygen atoms in total. The fourth-order valence-electron chi connectivity index (χ4n) is 3.95. The van der Waals surface area contributed by atoms with Crippen molar-refractivity contribution in [1.82, 2.24) is 0 Å². The van der Waals surface area contributed by atoms with E-state index in [2.05, 4.69) is 19.9 Å².